The van der Waals surface area contributed by atoms with Crippen molar-refractivity contribution in [2.24, 2.45) is 5.92 Å². The molecule has 80 valence electrons. The molecular formula is C11H13ClN2S. The summed E-state index contributed by atoms with van der Waals surface area (Å²) in [6, 6.07) is 3.85. The summed E-state index contributed by atoms with van der Waals surface area (Å²) >= 11 is 11.0. The van der Waals surface area contributed by atoms with Crippen molar-refractivity contribution in [2.45, 2.75) is 19.3 Å². The highest BCUT2D eigenvalue weighted by Crippen LogP contribution is 2.18. The first-order valence-corrected chi connectivity index (χ1v) is 5.92. The van der Waals surface area contributed by atoms with Crippen LogP contribution >= 0.6 is 23.8 Å². The third kappa shape index (κ3) is 2.89. The van der Waals surface area contributed by atoms with Gasteiger partial charge >= 0.3 is 0 Å². The van der Waals surface area contributed by atoms with Crippen molar-refractivity contribution >= 4 is 28.8 Å². The van der Waals surface area contributed by atoms with Crippen LogP contribution in [-0.4, -0.2) is 16.5 Å². The summed E-state index contributed by atoms with van der Waals surface area (Å²) in [4.78, 5) is 5.07. The lowest BCUT2D eigenvalue weighted by Crippen LogP contribution is -2.36. The first-order chi connectivity index (χ1) is 7.25. The van der Waals surface area contributed by atoms with Gasteiger partial charge in [-0.15, -0.1) is 0 Å². The zero-order valence-electron chi connectivity index (χ0n) is 8.37. The Morgan fingerprint density at radius 1 is 1.53 bits per heavy atom. The number of halogens is 1. The molecule has 1 fully saturated rings. The van der Waals surface area contributed by atoms with E-state index >= 15 is 0 Å². The SMILES string of the molecule is S=C1NCCC[C@H]1Cc1ccc(Cl)nc1. The largest absolute Gasteiger partial charge is 0.379 e. The minimum absolute atomic E-state index is 0.469. The molecule has 1 saturated heterocycles. The molecule has 0 bridgehead atoms. The third-order valence-electron chi connectivity index (χ3n) is 2.67. The van der Waals surface area contributed by atoms with Crippen molar-refractivity contribution in [1.29, 1.82) is 0 Å². The van der Waals surface area contributed by atoms with Crippen molar-refractivity contribution < 1.29 is 0 Å². The maximum absolute atomic E-state index is 5.73. The summed E-state index contributed by atoms with van der Waals surface area (Å²) in [6.07, 6.45) is 5.18. The van der Waals surface area contributed by atoms with Gasteiger partial charge in [0.2, 0.25) is 0 Å². The van der Waals surface area contributed by atoms with Gasteiger partial charge < -0.3 is 5.32 Å². The van der Waals surface area contributed by atoms with Crippen LogP contribution < -0.4 is 5.32 Å². The molecule has 0 amide bonds. The van der Waals surface area contributed by atoms with E-state index in [9.17, 15) is 0 Å². The van der Waals surface area contributed by atoms with Gasteiger partial charge in [-0.2, -0.15) is 0 Å². The molecule has 15 heavy (non-hydrogen) atoms. The number of nitrogens with zero attached hydrogens (tertiary/aromatic N) is 1. The molecule has 2 rings (SSSR count). The Morgan fingerprint density at radius 2 is 2.40 bits per heavy atom. The number of aromatic nitrogens is 1. The molecule has 0 radical (unpaired) electrons. The van der Waals surface area contributed by atoms with E-state index in [2.05, 4.69) is 10.3 Å². The summed E-state index contributed by atoms with van der Waals surface area (Å²) in [5.41, 5.74) is 1.20. The smallest absolute Gasteiger partial charge is 0.129 e. The van der Waals surface area contributed by atoms with Crippen LogP contribution in [0.2, 0.25) is 5.15 Å². The van der Waals surface area contributed by atoms with Gasteiger partial charge in [-0.1, -0.05) is 29.9 Å². The van der Waals surface area contributed by atoms with Crippen molar-refractivity contribution in [3.8, 4) is 0 Å². The van der Waals surface area contributed by atoms with Crippen molar-refractivity contribution in [2.75, 3.05) is 6.54 Å². The van der Waals surface area contributed by atoms with Crippen molar-refractivity contribution in [3.05, 3.63) is 29.0 Å². The zero-order valence-corrected chi connectivity index (χ0v) is 9.94. The Bertz CT molecular complexity index is 350. The highest BCUT2D eigenvalue weighted by atomic mass is 35.5. The minimum atomic E-state index is 0.469. The van der Waals surface area contributed by atoms with Gasteiger partial charge in [0.1, 0.15) is 5.15 Å². The number of hydrogen-bond donors (Lipinski definition) is 1. The second kappa shape index (κ2) is 4.90. The van der Waals surface area contributed by atoms with Gasteiger partial charge in [-0.25, -0.2) is 4.98 Å². The molecule has 0 aliphatic carbocycles. The van der Waals surface area contributed by atoms with E-state index < -0.39 is 0 Å². The standard InChI is InChI=1S/C11H13ClN2S/c12-10-4-3-8(7-14-10)6-9-2-1-5-13-11(9)15/h3-4,7,9H,1-2,5-6H2,(H,13,15)/t9-/m0/s1. The predicted octanol–water partition coefficient (Wildman–Crippen LogP) is 2.60. The molecule has 4 heteroatoms. The van der Waals surface area contributed by atoms with E-state index in [0.29, 0.717) is 11.1 Å². The molecule has 1 N–H and O–H groups in total. The van der Waals surface area contributed by atoms with E-state index in [0.717, 1.165) is 18.0 Å². The van der Waals surface area contributed by atoms with E-state index in [1.165, 1.54) is 18.4 Å². The molecule has 0 unspecified atom stereocenters. The number of rotatable bonds is 2. The van der Waals surface area contributed by atoms with E-state index in [-0.39, 0.29) is 0 Å². The molecule has 2 nitrogen and oxygen atoms in total. The first kappa shape index (κ1) is 10.8. The second-order valence-corrected chi connectivity index (χ2v) is 4.65. The molecular weight excluding hydrogens is 228 g/mol. The van der Waals surface area contributed by atoms with Crippen molar-refractivity contribution in [3.63, 3.8) is 0 Å². The van der Waals surface area contributed by atoms with Crippen LogP contribution in [0.25, 0.3) is 0 Å². The maximum atomic E-state index is 5.73. The molecule has 0 aromatic carbocycles. The lowest BCUT2D eigenvalue weighted by molar-refractivity contribution is 0.532. The second-order valence-electron chi connectivity index (χ2n) is 3.82. The number of thiocarbonyl (C=S) groups is 1. The molecule has 1 aromatic heterocycles. The van der Waals surface area contributed by atoms with E-state index in [1.54, 1.807) is 0 Å². The Morgan fingerprint density at radius 3 is 3.07 bits per heavy atom. The van der Waals surface area contributed by atoms with E-state index in [4.69, 9.17) is 23.8 Å². The number of pyridine rings is 1. The molecule has 1 atom stereocenters. The average molecular weight is 241 g/mol. The first-order valence-electron chi connectivity index (χ1n) is 5.14. The Kier molecular flexibility index (Phi) is 3.54. The van der Waals surface area contributed by atoms with Crippen LogP contribution in [0.3, 0.4) is 0 Å². The highest BCUT2D eigenvalue weighted by molar-refractivity contribution is 7.80. The fourth-order valence-corrected chi connectivity index (χ4v) is 2.26. The van der Waals surface area contributed by atoms with Gasteiger partial charge in [-0.3, -0.25) is 0 Å². The monoisotopic (exact) mass is 240 g/mol. The molecule has 1 aromatic rings. The average Bonchev–Trinajstić information content (AvgIpc) is 2.25. The number of nitrogens with one attached hydrogen (secondary N) is 1. The fraction of sp³-hybridized carbons (Fsp3) is 0.455. The molecule has 2 heterocycles. The van der Waals surface area contributed by atoms with Crippen LogP contribution in [-0.2, 0) is 6.42 Å². The Labute approximate surface area is 100 Å². The van der Waals surface area contributed by atoms with Crippen LogP contribution in [0.5, 0.6) is 0 Å². The topological polar surface area (TPSA) is 24.9 Å². The summed E-state index contributed by atoms with van der Waals surface area (Å²) in [5.74, 6) is 0.469. The molecule has 0 saturated carbocycles. The molecule has 1 aliphatic rings. The van der Waals surface area contributed by atoms with Crippen LogP contribution in [0.15, 0.2) is 18.3 Å². The highest BCUT2D eigenvalue weighted by Gasteiger charge is 2.18. The molecule has 1 aliphatic heterocycles. The van der Waals surface area contributed by atoms with E-state index in [1.807, 2.05) is 18.3 Å². The van der Waals surface area contributed by atoms with Crippen LogP contribution in [0, 0.1) is 5.92 Å². The lowest BCUT2D eigenvalue weighted by Gasteiger charge is -2.24. The number of piperidine rings is 1. The summed E-state index contributed by atoms with van der Waals surface area (Å²) < 4.78 is 0. The number of hydrogen-bond acceptors (Lipinski definition) is 2. The lowest BCUT2D eigenvalue weighted by atomic mass is 9.93. The van der Waals surface area contributed by atoms with Crippen LogP contribution in [0.1, 0.15) is 18.4 Å². The fourth-order valence-electron chi connectivity index (χ4n) is 1.84. The predicted molar refractivity (Wildman–Crippen MR) is 66.3 cm³/mol. The zero-order chi connectivity index (χ0) is 10.7. The van der Waals surface area contributed by atoms with Gasteiger partial charge in [0.15, 0.2) is 0 Å². The maximum Gasteiger partial charge on any atom is 0.129 e. The normalized spacial score (nSPS) is 21.1. The van der Waals surface area contributed by atoms with Crippen molar-refractivity contribution in [1.82, 2.24) is 10.3 Å². The van der Waals surface area contributed by atoms with Gasteiger partial charge in [-0.05, 0) is 30.9 Å². The van der Waals surface area contributed by atoms with Gasteiger partial charge in [0, 0.05) is 18.7 Å². The van der Waals surface area contributed by atoms with Crippen LogP contribution in [0.4, 0.5) is 0 Å². The molecule has 0 spiro atoms. The third-order valence-corrected chi connectivity index (χ3v) is 3.37. The quantitative estimate of drug-likeness (QED) is 0.636. The summed E-state index contributed by atoms with van der Waals surface area (Å²) in [5, 5.41) is 3.79. The van der Waals surface area contributed by atoms with Gasteiger partial charge in [0.25, 0.3) is 0 Å². The Hall–Kier alpha value is -0.670. The Balaban J connectivity index is 2.01. The minimum Gasteiger partial charge on any atom is -0.379 e. The summed E-state index contributed by atoms with van der Waals surface area (Å²) in [7, 11) is 0. The summed E-state index contributed by atoms with van der Waals surface area (Å²) in [6.45, 7) is 1.02. The van der Waals surface area contributed by atoms with Gasteiger partial charge in [0.05, 0.1) is 4.99 Å².